The summed E-state index contributed by atoms with van der Waals surface area (Å²) in [6.07, 6.45) is 11.5. The van der Waals surface area contributed by atoms with Gasteiger partial charge in [-0.25, -0.2) is 0 Å². The summed E-state index contributed by atoms with van der Waals surface area (Å²) in [4.78, 5) is 4.76. The van der Waals surface area contributed by atoms with Crippen LogP contribution >= 0.6 is 0 Å². The molecule has 1 fully saturated rings. The number of aliphatic imine (C=N–C) groups is 1. The smallest absolute Gasteiger partial charge is 0.128 e. The van der Waals surface area contributed by atoms with E-state index >= 15 is 0 Å². The predicted molar refractivity (Wildman–Crippen MR) is 101 cm³/mol. The maximum Gasteiger partial charge on any atom is 0.128 e. The van der Waals surface area contributed by atoms with Gasteiger partial charge in [0.05, 0.1) is 12.1 Å². The summed E-state index contributed by atoms with van der Waals surface area (Å²) >= 11 is 0. The van der Waals surface area contributed by atoms with Crippen molar-refractivity contribution in [1.29, 1.82) is 0 Å². The minimum absolute atomic E-state index is 0.881. The highest BCUT2D eigenvalue weighted by molar-refractivity contribution is 6.10. The Labute approximate surface area is 143 Å². The van der Waals surface area contributed by atoms with Gasteiger partial charge in [0.1, 0.15) is 5.84 Å². The molecule has 2 aromatic rings. The van der Waals surface area contributed by atoms with Gasteiger partial charge in [-0.2, -0.15) is 0 Å². The first-order valence-corrected chi connectivity index (χ1v) is 9.48. The lowest BCUT2D eigenvalue weighted by atomic mass is 9.85. The minimum Gasteiger partial charge on any atom is -0.347 e. The average molecular weight is 319 g/mol. The first-order valence-electron chi connectivity index (χ1n) is 9.48. The van der Waals surface area contributed by atoms with E-state index in [2.05, 4.69) is 40.3 Å². The highest BCUT2D eigenvalue weighted by Gasteiger charge is 2.22. The first-order chi connectivity index (χ1) is 11.9. The van der Waals surface area contributed by atoms with Crippen molar-refractivity contribution in [3.05, 3.63) is 41.6 Å². The molecule has 1 aliphatic heterocycles. The lowest BCUT2D eigenvalue weighted by molar-refractivity contribution is 0.280. The number of amidine groups is 1. The monoisotopic (exact) mass is 319 g/mol. The van der Waals surface area contributed by atoms with Gasteiger partial charge in [-0.3, -0.25) is 4.99 Å². The van der Waals surface area contributed by atoms with E-state index in [-0.39, 0.29) is 0 Å². The quantitative estimate of drug-likeness (QED) is 0.834. The molecule has 24 heavy (non-hydrogen) atoms. The van der Waals surface area contributed by atoms with Crippen LogP contribution in [0.15, 0.2) is 46.6 Å². The molecule has 1 aromatic carbocycles. The van der Waals surface area contributed by atoms with Crippen molar-refractivity contribution in [1.82, 2.24) is 4.57 Å². The predicted octanol–water partition coefficient (Wildman–Crippen LogP) is 5.14. The second-order valence-corrected chi connectivity index (χ2v) is 7.62. The number of hydrogen-bond acceptors (Lipinski definition) is 2. The number of fused-ring (bicyclic) bond motifs is 1. The van der Waals surface area contributed by atoms with Crippen molar-refractivity contribution < 1.29 is 0 Å². The molecule has 5 rings (SSSR count). The highest BCUT2D eigenvalue weighted by atomic mass is 15.0. The summed E-state index contributed by atoms with van der Waals surface area (Å²) in [5.74, 6) is 2.01. The molecule has 2 heterocycles. The maximum absolute atomic E-state index is 4.76. The van der Waals surface area contributed by atoms with Crippen molar-refractivity contribution in [2.45, 2.75) is 51.5 Å². The van der Waals surface area contributed by atoms with Gasteiger partial charge in [-0.1, -0.05) is 12.5 Å². The van der Waals surface area contributed by atoms with E-state index in [9.17, 15) is 0 Å². The first kappa shape index (κ1) is 14.3. The topological polar surface area (TPSA) is 29.3 Å². The average Bonchev–Trinajstić information content (AvgIpc) is 3.16. The molecule has 3 aliphatic rings. The van der Waals surface area contributed by atoms with Gasteiger partial charge >= 0.3 is 0 Å². The Kier molecular flexibility index (Phi) is 3.46. The molecule has 1 aromatic heterocycles. The molecule has 124 valence electrons. The molecule has 0 amide bonds. The number of hydrogen-bond donors (Lipinski definition) is 1. The zero-order valence-corrected chi connectivity index (χ0v) is 14.2. The van der Waals surface area contributed by atoms with Gasteiger partial charge in [-0.15, -0.1) is 0 Å². The van der Waals surface area contributed by atoms with Crippen LogP contribution in [0.2, 0.25) is 0 Å². The third kappa shape index (κ3) is 2.47. The molecule has 0 bridgehead atoms. The van der Waals surface area contributed by atoms with E-state index < -0.39 is 0 Å². The molecule has 0 atom stereocenters. The molecule has 0 unspecified atom stereocenters. The van der Waals surface area contributed by atoms with Crippen LogP contribution in [0.4, 0.5) is 5.69 Å². The van der Waals surface area contributed by atoms with Gasteiger partial charge in [0.2, 0.25) is 0 Å². The second kappa shape index (κ2) is 5.80. The Morgan fingerprint density at radius 2 is 2.00 bits per heavy atom. The van der Waals surface area contributed by atoms with Gasteiger partial charge in [0.25, 0.3) is 0 Å². The summed E-state index contributed by atoms with van der Waals surface area (Å²) in [5.41, 5.74) is 5.59. The van der Waals surface area contributed by atoms with Crippen molar-refractivity contribution >= 4 is 22.4 Å². The molecule has 3 nitrogen and oxygen atoms in total. The minimum atomic E-state index is 0.881. The van der Waals surface area contributed by atoms with Crippen LogP contribution in [-0.4, -0.2) is 16.9 Å². The summed E-state index contributed by atoms with van der Waals surface area (Å²) in [6.45, 7) is 2.08. The largest absolute Gasteiger partial charge is 0.347 e. The maximum atomic E-state index is 4.76. The van der Waals surface area contributed by atoms with Crippen LogP contribution < -0.4 is 5.32 Å². The fourth-order valence-electron chi connectivity index (χ4n) is 4.32. The van der Waals surface area contributed by atoms with E-state index in [1.54, 1.807) is 5.57 Å². The molecule has 1 N–H and O–H groups in total. The highest BCUT2D eigenvalue weighted by Crippen LogP contribution is 2.32. The number of nitrogens with one attached hydrogen (secondary N) is 1. The van der Waals surface area contributed by atoms with Crippen LogP contribution in [-0.2, 0) is 6.54 Å². The van der Waals surface area contributed by atoms with Crippen molar-refractivity contribution in [3.8, 4) is 0 Å². The Morgan fingerprint density at radius 1 is 1.08 bits per heavy atom. The van der Waals surface area contributed by atoms with Crippen LogP contribution in [0.25, 0.3) is 10.9 Å². The molecular weight excluding hydrogens is 294 g/mol. The molecule has 2 aliphatic carbocycles. The molecular formula is C21H25N3. The Balaban J connectivity index is 1.41. The zero-order valence-electron chi connectivity index (χ0n) is 14.2. The van der Waals surface area contributed by atoms with Gasteiger partial charge in [0.15, 0.2) is 0 Å². The molecule has 1 saturated carbocycles. The fourth-order valence-corrected chi connectivity index (χ4v) is 4.32. The van der Waals surface area contributed by atoms with Gasteiger partial charge in [0, 0.05) is 18.4 Å². The van der Waals surface area contributed by atoms with E-state index in [0.717, 1.165) is 18.3 Å². The van der Waals surface area contributed by atoms with Crippen molar-refractivity contribution in [2.75, 3.05) is 11.9 Å². The molecule has 0 spiro atoms. The Bertz CT molecular complexity index is 836. The van der Waals surface area contributed by atoms with Crippen LogP contribution in [0.5, 0.6) is 0 Å². The SMILES string of the molecule is c1cc2ccn(CC3CCC3)c2cc1NC1=NCC2=C1CCCC2. The number of anilines is 1. The molecule has 3 heteroatoms. The normalized spacial score (nSPS) is 20.9. The summed E-state index contributed by atoms with van der Waals surface area (Å²) in [6, 6.07) is 8.98. The lowest BCUT2D eigenvalue weighted by Gasteiger charge is -2.26. The third-order valence-corrected chi connectivity index (χ3v) is 6.01. The summed E-state index contributed by atoms with van der Waals surface area (Å²) < 4.78 is 2.44. The van der Waals surface area contributed by atoms with Crippen molar-refractivity contribution in [2.24, 2.45) is 10.9 Å². The van der Waals surface area contributed by atoms with Crippen LogP contribution in [0.3, 0.4) is 0 Å². The molecule has 0 radical (unpaired) electrons. The van der Waals surface area contributed by atoms with E-state index in [1.165, 1.54) is 73.7 Å². The Hall–Kier alpha value is -2.03. The van der Waals surface area contributed by atoms with E-state index in [0.29, 0.717) is 0 Å². The fraction of sp³-hybridized carbons (Fsp3) is 0.476. The number of nitrogens with zero attached hydrogens (tertiary/aromatic N) is 2. The van der Waals surface area contributed by atoms with E-state index in [4.69, 9.17) is 4.99 Å². The zero-order chi connectivity index (χ0) is 15.9. The number of benzene rings is 1. The summed E-state index contributed by atoms with van der Waals surface area (Å²) in [5, 5.41) is 4.95. The van der Waals surface area contributed by atoms with Gasteiger partial charge < -0.3 is 9.88 Å². The second-order valence-electron chi connectivity index (χ2n) is 7.62. The standard InChI is InChI=1S/C21H25N3/c1-2-7-19-17(6-1)13-22-21(19)23-18-9-8-16-10-11-24(20(16)12-18)14-15-4-3-5-15/h8-12,15H,1-7,13-14H2,(H,22,23). The lowest BCUT2D eigenvalue weighted by Crippen LogP contribution is -2.17. The number of aromatic nitrogens is 1. The van der Waals surface area contributed by atoms with Crippen LogP contribution in [0, 0.1) is 5.92 Å². The van der Waals surface area contributed by atoms with Crippen molar-refractivity contribution in [3.63, 3.8) is 0 Å². The molecule has 0 saturated heterocycles. The van der Waals surface area contributed by atoms with E-state index in [1.807, 2.05) is 0 Å². The summed E-state index contributed by atoms with van der Waals surface area (Å²) in [7, 11) is 0. The number of rotatable bonds is 3. The Morgan fingerprint density at radius 3 is 2.88 bits per heavy atom. The van der Waals surface area contributed by atoms with Gasteiger partial charge in [-0.05, 0) is 79.2 Å². The van der Waals surface area contributed by atoms with Crippen LogP contribution in [0.1, 0.15) is 44.9 Å². The third-order valence-electron chi connectivity index (χ3n) is 6.01.